The molecule has 0 saturated carbocycles. The van der Waals surface area contributed by atoms with Crippen molar-refractivity contribution in [1.82, 2.24) is 0 Å². The van der Waals surface area contributed by atoms with Crippen LogP contribution in [-0.4, -0.2) is 0 Å². The molecule has 2 N–H and O–H groups in total. The molecule has 2 aromatic rings. The van der Waals surface area contributed by atoms with Gasteiger partial charge in [0.1, 0.15) is 23.0 Å². The lowest BCUT2D eigenvalue weighted by Gasteiger charge is -2.09. The SMILES string of the molecule is Cc1ccc(C(N)c2c(C)oc(C)c2C)o1. The summed E-state index contributed by atoms with van der Waals surface area (Å²) in [4.78, 5) is 0. The van der Waals surface area contributed by atoms with Crippen LogP contribution in [0.25, 0.3) is 0 Å². The molecule has 0 spiro atoms. The number of hydrogen-bond acceptors (Lipinski definition) is 3. The fourth-order valence-electron chi connectivity index (χ4n) is 2.03. The number of furan rings is 2. The van der Waals surface area contributed by atoms with Crippen LogP contribution in [0.4, 0.5) is 0 Å². The lowest BCUT2D eigenvalue weighted by Crippen LogP contribution is -2.12. The normalized spacial score (nSPS) is 13.1. The first kappa shape index (κ1) is 11.0. The summed E-state index contributed by atoms with van der Waals surface area (Å²) >= 11 is 0. The molecule has 0 aliphatic heterocycles. The van der Waals surface area contributed by atoms with E-state index < -0.39 is 0 Å². The molecule has 0 aliphatic carbocycles. The molecular weight excluding hydrogens is 202 g/mol. The zero-order valence-corrected chi connectivity index (χ0v) is 10.1. The molecule has 1 atom stereocenters. The smallest absolute Gasteiger partial charge is 0.125 e. The molecule has 3 nitrogen and oxygen atoms in total. The first-order chi connectivity index (χ1) is 7.50. The number of aryl methyl sites for hydroxylation is 3. The van der Waals surface area contributed by atoms with Gasteiger partial charge in [0.25, 0.3) is 0 Å². The molecule has 0 bridgehead atoms. The molecule has 0 aliphatic rings. The maximum Gasteiger partial charge on any atom is 0.125 e. The van der Waals surface area contributed by atoms with Gasteiger partial charge in [-0.25, -0.2) is 0 Å². The van der Waals surface area contributed by atoms with E-state index in [1.165, 1.54) is 0 Å². The molecule has 1 unspecified atom stereocenters. The van der Waals surface area contributed by atoms with Crippen molar-refractivity contribution in [1.29, 1.82) is 0 Å². The Morgan fingerprint density at radius 3 is 2.12 bits per heavy atom. The third-order valence-corrected chi connectivity index (χ3v) is 3.00. The first-order valence-corrected chi connectivity index (χ1v) is 5.39. The van der Waals surface area contributed by atoms with E-state index in [9.17, 15) is 0 Å². The molecule has 2 rings (SSSR count). The average Bonchev–Trinajstić information content (AvgIpc) is 2.73. The zero-order valence-electron chi connectivity index (χ0n) is 10.1. The molecule has 86 valence electrons. The minimum atomic E-state index is -0.244. The summed E-state index contributed by atoms with van der Waals surface area (Å²) in [6, 6.07) is 3.60. The summed E-state index contributed by atoms with van der Waals surface area (Å²) < 4.78 is 11.1. The molecule has 2 heterocycles. The van der Waals surface area contributed by atoms with Gasteiger partial charge in [0.15, 0.2) is 0 Å². The first-order valence-electron chi connectivity index (χ1n) is 5.39. The lowest BCUT2D eigenvalue weighted by molar-refractivity contribution is 0.458. The third-order valence-electron chi connectivity index (χ3n) is 3.00. The number of nitrogens with two attached hydrogens (primary N) is 1. The Hall–Kier alpha value is -1.48. The second-order valence-electron chi connectivity index (χ2n) is 4.18. The van der Waals surface area contributed by atoms with E-state index in [2.05, 4.69) is 0 Å². The fraction of sp³-hybridized carbons (Fsp3) is 0.385. The predicted molar refractivity (Wildman–Crippen MR) is 62.4 cm³/mol. The summed E-state index contributed by atoms with van der Waals surface area (Å²) in [6.45, 7) is 7.82. The molecule has 16 heavy (non-hydrogen) atoms. The summed E-state index contributed by atoms with van der Waals surface area (Å²) in [7, 11) is 0. The second-order valence-corrected chi connectivity index (χ2v) is 4.18. The van der Waals surface area contributed by atoms with Crippen molar-refractivity contribution >= 4 is 0 Å². The average molecular weight is 219 g/mol. The molecule has 0 radical (unpaired) electrons. The minimum absolute atomic E-state index is 0.244. The Bertz CT molecular complexity index is 508. The van der Waals surface area contributed by atoms with E-state index in [0.717, 1.165) is 34.2 Å². The molecule has 0 amide bonds. The zero-order chi connectivity index (χ0) is 11.9. The maximum absolute atomic E-state index is 6.19. The van der Waals surface area contributed by atoms with E-state index in [-0.39, 0.29) is 6.04 Å². The van der Waals surface area contributed by atoms with Gasteiger partial charge in [-0.15, -0.1) is 0 Å². The van der Waals surface area contributed by atoms with Gasteiger partial charge >= 0.3 is 0 Å². The quantitative estimate of drug-likeness (QED) is 0.844. The van der Waals surface area contributed by atoms with Crippen LogP contribution in [0.15, 0.2) is 21.0 Å². The van der Waals surface area contributed by atoms with Gasteiger partial charge in [0.2, 0.25) is 0 Å². The van der Waals surface area contributed by atoms with Crippen LogP contribution in [0.3, 0.4) is 0 Å². The van der Waals surface area contributed by atoms with Crippen molar-refractivity contribution in [3.63, 3.8) is 0 Å². The maximum atomic E-state index is 6.19. The van der Waals surface area contributed by atoms with E-state index >= 15 is 0 Å². The Kier molecular flexibility index (Phi) is 2.64. The van der Waals surface area contributed by atoms with E-state index in [0.29, 0.717) is 0 Å². The van der Waals surface area contributed by atoms with E-state index in [1.807, 2.05) is 39.8 Å². The van der Waals surface area contributed by atoms with Crippen molar-refractivity contribution in [3.8, 4) is 0 Å². The topological polar surface area (TPSA) is 52.3 Å². The monoisotopic (exact) mass is 219 g/mol. The Morgan fingerprint density at radius 2 is 1.69 bits per heavy atom. The van der Waals surface area contributed by atoms with Crippen LogP contribution in [0.2, 0.25) is 0 Å². The highest BCUT2D eigenvalue weighted by Crippen LogP contribution is 2.30. The van der Waals surface area contributed by atoms with Gasteiger partial charge in [-0.3, -0.25) is 0 Å². The molecule has 0 fully saturated rings. The van der Waals surface area contributed by atoms with Crippen molar-refractivity contribution in [3.05, 3.63) is 46.3 Å². The van der Waals surface area contributed by atoms with Crippen molar-refractivity contribution in [2.24, 2.45) is 5.73 Å². The van der Waals surface area contributed by atoms with Gasteiger partial charge in [-0.05, 0) is 45.4 Å². The highest BCUT2D eigenvalue weighted by Gasteiger charge is 2.21. The van der Waals surface area contributed by atoms with Crippen molar-refractivity contribution < 1.29 is 8.83 Å². The third kappa shape index (κ3) is 1.67. The summed E-state index contributed by atoms with van der Waals surface area (Å²) in [5, 5.41) is 0. The minimum Gasteiger partial charge on any atom is -0.466 e. The van der Waals surface area contributed by atoms with Gasteiger partial charge in [0.05, 0.1) is 6.04 Å². The van der Waals surface area contributed by atoms with E-state index in [4.69, 9.17) is 14.6 Å². The van der Waals surface area contributed by atoms with E-state index in [1.54, 1.807) is 0 Å². The lowest BCUT2D eigenvalue weighted by atomic mass is 10.0. The van der Waals surface area contributed by atoms with Crippen molar-refractivity contribution in [2.45, 2.75) is 33.7 Å². The fourth-order valence-corrected chi connectivity index (χ4v) is 2.03. The number of hydrogen-bond donors (Lipinski definition) is 1. The van der Waals surface area contributed by atoms with Crippen LogP contribution in [0.5, 0.6) is 0 Å². The summed E-state index contributed by atoms with van der Waals surface area (Å²) in [5.41, 5.74) is 8.34. The number of rotatable bonds is 2. The molecular formula is C13H17NO2. The Balaban J connectivity index is 2.44. The highest BCUT2D eigenvalue weighted by atomic mass is 16.3. The Labute approximate surface area is 95.2 Å². The van der Waals surface area contributed by atoms with Crippen LogP contribution in [-0.2, 0) is 0 Å². The van der Waals surface area contributed by atoms with Crippen molar-refractivity contribution in [2.75, 3.05) is 0 Å². The predicted octanol–water partition coefficient (Wildman–Crippen LogP) is 3.15. The Morgan fingerprint density at radius 1 is 1.00 bits per heavy atom. The van der Waals surface area contributed by atoms with Gasteiger partial charge in [-0.1, -0.05) is 0 Å². The molecule has 0 saturated heterocycles. The largest absolute Gasteiger partial charge is 0.466 e. The van der Waals surface area contributed by atoms with Crippen LogP contribution >= 0.6 is 0 Å². The summed E-state index contributed by atoms with van der Waals surface area (Å²) in [5.74, 6) is 3.45. The van der Waals surface area contributed by atoms with Gasteiger partial charge < -0.3 is 14.6 Å². The van der Waals surface area contributed by atoms with Gasteiger partial charge in [-0.2, -0.15) is 0 Å². The molecule has 0 aromatic carbocycles. The molecule has 3 heteroatoms. The summed E-state index contributed by atoms with van der Waals surface area (Å²) in [6.07, 6.45) is 0. The van der Waals surface area contributed by atoms with Crippen LogP contribution < -0.4 is 5.73 Å². The second kappa shape index (κ2) is 3.83. The standard InChI is InChI=1S/C13H17NO2/c1-7-5-6-11(15-7)13(14)12-8(2)9(3)16-10(12)4/h5-6,13H,14H2,1-4H3. The van der Waals surface area contributed by atoms with Gasteiger partial charge in [0, 0.05) is 5.56 Å². The van der Waals surface area contributed by atoms with Crippen LogP contribution in [0.1, 0.15) is 40.2 Å². The highest BCUT2D eigenvalue weighted by molar-refractivity contribution is 5.38. The van der Waals surface area contributed by atoms with Crippen LogP contribution in [0, 0.1) is 27.7 Å². The molecule has 2 aromatic heterocycles.